The molecule has 2 rings (SSSR count). The Balaban J connectivity index is 2.30. The molecule has 0 bridgehead atoms. The van der Waals surface area contributed by atoms with Crippen molar-refractivity contribution in [1.29, 1.82) is 0 Å². The van der Waals surface area contributed by atoms with E-state index in [4.69, 9.17) is 0 Å². The van der Waals surface area contributed by atoms with Gasteiger partial charge in [0.25, 0.3) is 0 Å². The smallest absolute Gasteiger partial charge is 0.135 e. The highest BCUT2D eigenvalue weighted by atomic mass is 19.1. The molecular weight excluding hydrogens is 248 g/mol. The van der Waals surface area contributed by atoms with E-state index in [9.17, 15) is 13.9 Å². The molecule has 0 amide bonds. The van der Waals surface area contributed by atoms with Crippen LogP contribution in [0.3, 0.4) is 0 Å². The summed E-state index contributed by atoms with van der Waals surface area (Å²) in [6.45, 7) is 7.06. The Labute approximate surface area is 113 Å². The van der Waals surface area contributed by atoms with E-state index in [2.05, 4.69) is 18.7 Å². The van der Waals surface area contributed by atoms with Gasteiger partial charge in [0.15, 0.2) is 0 Å². The molecule has 1 aliphatic heterocycles. The first-order valence-corrected chi connectivity index (χ1v) is 6.76. The first-order valence-electron chi connectivity index (χ1n) is 6.76. The molecule has 2 nitrogen and oxygen atoms in total. The van der Waals surface area contributed by atoms with Crippen molar-refractivity contribution in [3.05, 3.63) is 34.9 Å². The van der Waals surface area contributed by atoms with Crippen molar-refractivity contribution >= 4 is 0 Å². The summed E-state index contributed by atoms with van der Waals surface area (Å²) in [5.74, 6) is -1.26. The van der Waals surface area contributed by atoms with Crippen LogP contribution >= 0.6 is 0 Å². The Bertz CT molecular complexity index is 465. The maximum absolute atomic E-state index is 14.1. The van der Waals surface area contributed by atoms with Crippen molar-refractivity contribution in [2.45, 2.75) is 45.3 Å². The van der Waals surface area contributed by atoms with Gasteiger partial charge < -0.3 is 10.0 Å². The van der Waals surface area contributed by atoms with E-state index in [1.54, 1.807) is 6.92 Å². The van der Waals surface area contributed by atoms with Crippen molar-refractivity contribution < 1.29 is 13.9 Å². The highest BCUT2D eigenvalue weighted by molar-refractivity contribution is 5.32. The molecule has 0 saturated carbocycles. The van der Waals surface area contributed by atoms with Crippen LogP contribution in [0.15, 0.2) is 12.1 Å². The molecule has 0 aliphatic carbocycles. The number of hydrogen-bond acceptors (Lipinski definition) is 2. The summed E-state index contributed by atoms with van der Waals surface area (Å²) in [6, 6.07) is 3.03. The molecule has 19 heavy (non-hydrogen) atoms. The van der Waals surface area contributed by atoms with Crippen molar-refractivity contribution in [3.8, 4) is 0 Å². The average Bonchev–Trinajstić information content (AvgIpc) is 2.34. The minimum absolute atomic E-state index is 0.157. The van der Waals surface area contributed by atoms with Crippen LogP contribution in [0.5, 0.6) is 0 Å². The first kappa shape index (κ1) is 14.4. The molecule has 0 atom stereocenters. The number of aryl methyl sites for hydroxylation is 1. The third-order valence-electron chi connectivity index (χ3n) is 4.11. The van der Waals surface area contributed by atoms with Gasteiger partial charge in [0.2, 0.25) is 0 Å². The highest BCUT2D eigenvalue weighted by Gasteiger charge is 2.39. The lowest BCUT2D eigenvalue weighted by atomic mass is 9.82. The molecule has 1 heterocycles. The van der Waals surface area contributed by atoms with Gasteiger partial charge in [0, 0.05) is 19.1 Å². The number of nitrogens with zero attached hydrogens (tertiary/aromatic N) is 1. The molecule has 0 aromatic heterocycles. The van der Waals surface area contributed by atoms with Crippen molar-refractivity contribution in [3.63, 3.8) is 0 Å². The number of likely N-dealkylation sites (tertiary alicyclic amines) is 1. The zero-order valence-electron chi connectivity index (χ0n) is 11.7. The van der Waals surface area contributed by atoms with Crippen LogP contribution in [0, 0.1) is 18.6 Å². The third kappa shape index (κ3) is 2.65. The van der Waals surface area contributed by atoms with Crippen molar-refractivity contribution in [1.82, 2.24) is 4.90 Å². The second kappa shape index (κ2) is 5.17. The van der Waals surface area contributed by atoms with Crippen LogP contribution in [0.25, 0.3) is 0 Å². The van der Waals surface area contributed by atoms with E-state index in [-0.39, 0.29) is 5.56 Å². The van der Waals surface area contributed by atoms with Gasteiger partial charge in [-0.05, 0) is 45.2 Å². The van der Waals surface area contributed by atoms with Crippen LogP contribution in [-0.4, -0.2) is 29.1 Å². The number of aliphatic hydroxyl groups is 1. The van der Waals surface area contributed by atoms with Crippen molar-refractivity contribution in [2.24, 2.45) is 0 Å². The maximum Gasteiger partial charge on any atom is 0.135 e. The van der Waals surface area contributed by atoms with Gasteiger partial charge in [-0.3, -0.25) is 0 Å². The predicted octanol–water partition coefficient (Wildman–Crippen LogP) is 2.97. The quantitative estimate of drug-likeness (QED) is 0.892. The van der Waals surface area contributed by atoms with Gasteiger partial charge in [-0.15, -0.1) is 0 Å². The Kier molecular flexibility index (Phi) is 3.92. The summed E-state index contributed by atoms with van der Waals surface area (Å²) in [4.78, 5) is 2.21. The van der Waals surface area contributed by atoms with Gasteiger partial charge >= 0.3 is 0 Å². The van der Waals surface area contributed by atoms with Crippen molar-refractivity contribution in [2.75, 3.05) is 13.1 Å². The topological polar surface area (TPSA) is 23.5 Å². The number of rotatable bonds is 2. The molecule has 1 N–H and O–H groups in total. The summed E-state index contributed by atoms with van der Waals surface area (Å²) < 4.78 is 28.0. The second-order valence-electron chi connectivity index (χ2n) is 5.71. The average molecular weight is 269 g/mol. The zero-order valence-corrected chi connectivity index (χ0v) is 11.7. The molecule has 1 fully saturated rings. The van der Waals surface area contributed by atoms with E-state index in [0.29, 0.717) is 37.5 Å². The summed E-state index contributed by atoms with van der Waals surface area (Å²) in [7, 11) is 0. The number of benzene rings is 1. The van der Waals surface area contributed by atoms with Crippen LogP contribution < -0.4 is 0 Å². The first-order chi connectivity index (χ1) is 8.85. The molecule has 0 spiro atoms. The Morgan fingerprint density at radius 3 is 2.32 bits per heavy atom. The molecule has 0 unspecified atom stereocenters. The Hall–Kier alpha value is -1.00. The van der Waals surface area contributed by atoms with E-state index in [0.717, 1.165) is 0 Å². The monoisotopic (exact) mass is 269 g/mol. The fourth-order valence-corrected chi connectivity index (χ4v) is 2.74. The lowest BCUT2D eigenvalue weighted by molar-refractivity contribution is -0.0374. The van der Waals surface area contributed by atoms with Crippen LogP contribution in [-0.2, 0) is 5.60 Å². The molecule has 1 saturated heterocycles. The predicted molar refractivity (Wildman–Crippen MR) is 70.9 cm³/mol. The summed E-state index contributed by atoms with van der Waals surface area (Å²) in [6.07, 6.45) is 0.727. The number of hydrogen-bond donors (Lipinski definition) is 1. The normalized spacial score (nSPS) is 19.9. The second-order valence-corrected chi connectivity index (χ2v) is 5.71. The summed E-state index contributed by atoms with van der Waals surface area (Å²) in [5.41, 5.74) is -1.17. The molecular formula is C15H21F2NO. The Morgan fingerprint density at radius 1 is 1.21 bits per heavy atom. The minimum atomic E-state index is -1.38. The number of piperidine rings is 1. The van der Waals surface area contributed by atoms with Gasteiger partial charge in [0.1, 0.15) is 11.6 Å². The van der Waals surface area contributed by atoms with Gasteiger partial charge in [-0.1, -0.05) is 6.07 Å². The van der Waals surface area contributed by atoms with E-state index < -0.39 is 17.2 Å². The van der Waals surface area contributed by atoms with E-state index in [1.807, 2.05) is 0 Å². The largest absolute Gasteiger partial charge is 0.385 e. The van der Waals surface area contributed by atoms with Crippen LogP contribution in [0.2, 0.25) is 0 Å². The molecule has 1 aromatic carbocycles. The lowest BCUT2D eigenvalue weighted by Crippen LogP contribution is -2.46. The summed E-state index contributed by atoms with van der Waals surface area (Å²) in [5, 5.41) is 10.6. The molecule has 0 radical (unpaired) electrons. The highest BCUT2D eigenvalue weighted by Crippen LogP contribution is 2.37. The van der Waals surface area contributed by atoms with Gasteiger partial charge in [-0.25, -0.2) is 8.78 Å². The fourth-order valence-electron chi connectivity index (χ4n) is 2.74. The lowest BCUT2D eigenvalue weighted by Gasteiger charge is -2.40. The van der Waals surface area contributed by atoms with E-state index in [1.165, 1.54) is 12.1 Å². The Morgan fingerprint density at radius 2 is 1.79 bits per heavy atom. The molecule has 4 heteroatoms. The molecule has 106 valence electrons. The summed E-state index contributed by atoms with van der Waals surface area (Å²) >= 11 is 0. The third-order valence-corrected chi connectivity index (χ3v) is 4.11. The van der Waals surface area contributed by atoms with Crippen LogP contribution in [0.1, 0.15) is 37.8 Å². The standard InChI is InChI=1S/C15H21F2NO/c1-10(2)18-8-6-15(19,7-9-18)13-12(16)5-4-11(3)14(13)17/h4-5,10,19H,6-9H2,1-3H3. The van der Waals surface area contributed by atoms with Gasteiger partial charge in [0.05, 0.1) is 11.2 Å². The fraction of sp³-hybridized carbons (Fsp3) is 0.600. The van der Waals surface area contributed by atoms with Gasteiger partial charge in [-0.2, -0.15) is 0 Å². The SMILES string of the molecule is Cc1ccc(F)c(C2(O)CCN(C(C)C)CC2)c1F. The maximum atomic E-state index is 14.1. The minimum Gasteiger partial charge on any atom is -0.385 e. The molecule has 1 aromatic rings. The molecule has 1 aliphatic rings. The number of halogens is 2. The zero-order chi connectivity index (χ0) is 14.2. The van der Waals surface area contributed by atoms with E-state index >= 15 is 0 Å². The van der Waals surface area contributed by atoms with Crippen LogP contribution in [0.4, 0.5) is 8.78 Å².